The van der Waals surface area contributed by atoms with E-state index in [4.69, 9.17) is 33.2 Å². The summed E-state index contributed by atoms with van der Waals surface area (Å²) in [6.45, 7) is 10.1. The molecule has 10 heteroatoms. The average molecular weight is 438 g/mol. The fraction of sp³-hybridized carbons (Fsp3) is 0.900. The van der Waals surface area contributed by atoms with Gasteiger partial charge in [-0.25, -0.2) is 9.59 Å². The second-order valence-electron chi connectivity index (χ2n) is 6.66. The van der Waals surface area contributed by atoms with Crippen molar-refractivity contribution in [1.29, 1.82) is 0 Å². The highest BCUT2D eigenvalue weighted by Crippen LogP contribution is 2.07. The van der Waals surface area contributed by atoms with Crippen LogP contribution in [0.15, 0.2) is 0 Å². The molecule has 0 bridgehead atoms. The van der Waals surface area contributed by atoms with Crippen molar-refractivity contribution in [1.82, 2.24) is 5.32 Å². The molecule has 0 unspecified atom stereocenters. The molecule has 0 radical (unpaired) electrons. The van der Waals surface area contributed by atoms with E-state index in [0.29, 0.717) is 59.3 Å². The Bertz CT molecular complexity index is 421. The Morgan fingerprint density at radius 1 is 0.733 bits per heavy atom. The summed E-state index contributed by atoms with van der Waals surface area (Å²) in [6.07, 6.45) is -0.191. The maximum Gasteiger partial charge on any atom is 0.407 e. The molecule has 0 saturated carbocycles. The van der Waals surface area contributed by atoms with E-state index in [-0.39, 0.29) is 25.7 Å². The van der Waals surface area contributed by atoms with Gasteiger partial charge in [-0.15, -0.1) is 0 Å². The summed E-state index contributed by atoms with van der Waals surface area (Å²) in [6, 6.07) is -0.717. The number of rotatable bonds is 20. The van der Waals surface area contributed by atoms with Gasteiger partial charge in [-0.3, -0.25) is 0 Å². The molecule has 0 aromatic rings. The third kappa shape index (κ3) is 18.6. The van der Waals surface area contributed by atoms with E-state index in [9.17, 15) is 9.59 Å². The molecule has 30 heavy (non-hydrogen) atoms. The van der Waals surface area contributed by atoms with E-state index in [2.05, 4.69) is 5.32 Å². The van der Waals surface area contributed by atoms with Crippen LogP contribution in [-0.2, 0) is 38.0 Å². The topological polar surface area (TPSA) is 111 Å². The number of nitrogens with one attached hydrogen (secondary N) is 1. The summed E-state index contributed by atoms with van der Waals surface area (Å²) in [7, 11) is 1.63. The normalized spacial score (nSPS) is 12.0. The molecule has 0 aromatic heterocycles. The number of amides is 1. The maximum atomic E-state index is 11.9. The molecule has 0 saturated heterocycles. The Kier molecular flexibility index (Phi) is 19.8. The van der Waals surface area contributed by atoms with E-state index in [1.807, 2.05) is 13.8 Å². The average Bonchev–Trinajstić information content (AvgIpc) is 2.70. The van der Waals surface area contributed by atoms with Crippen LogP contribution in [-0.4, -0.2) is 97.9 Å². The lowest BCUT2D eigenvalue weighted by molar-refractivity contribution is -0.146. The van der Waals surface area contributed by atoms with E-state index >= 15 is 0 Å². The van der Waals surface area contributed by atoms with Gasteiger partial charge in [0, 0.05) is 7.11 Å². The Morgan fingerprint density at radius 3 is 1.63 bits per heavy atom. The third-order valence-electron chi connectivity index (χ3n) is 3.58. The molecule has 0 spiro atoms. The zero-order valence-electron chi connectivity index (χ0n) is 18.8. The van der Waals surface area contributed by atoms with Gasteiger partial charge in [0.2, 0.25) is 0 Å². The molecule has 0 rings (SSSR count). The quantitative estimate of drug-likeness (QED) is 0.223. The van der Waals surface area contributed by atoms with Gasteiger partial charge in [-0.1, -0.05) is 13.8 Å². The van der Waals surface area contributed by atoms with E-state index < -0.39 is 18.1 Å². The van der Waals surface area contributed by atoms with Crippen molar-refractivity contribution in [2.45, 2.75) is 33.2 Å². The Balaban J connectivity index is 3.56. The molecule has 0 heterocycles. The van der Waals surface area contributed by atoms with E-state index in [0.717, 1.165) is 0 Å². The lowest BCUT2D eigenvalue weighted by atomic mass is 10.0. The minimum absolute atomic E-state index is 0.0786. The van der Waals surface area contributed by atoms with E-state index in [1.165, 1.54) is 0 Å². The van der Waals surface area contributed by atoms with Gasteiger partial charge in [0.15, 0.2) is 0 Å². The Morgan fingerprint density at radius 2 is 1.20 bits per heavy atom. The first kappa shape index (κ1) is 28.5. The van der Waals surface area contributed by atoms with E-state index in [1.54, 1.807) is 14.0 Å². The number of hydrogen-bond donors (Lipinski definition) is 1. The van der Waals surface area contributed by atoms with Crippen molar-refractivity contribution < 1.29 is 42.7 Å². The van der Waals surface area contributed by atoms with Gasteiger partial charge in [0.25, 0.3) is 0 Å². The SMILES string of the molecule is CCOC(=O)[C@H](CC(C)C)NC(=O)OCCOCCOCCOCCOCCOC. The van der Waals surface area contributed by atoms with Crippen molar-refractivity contribution in [2.75, 3.05) is 79.8 Å². The number of alkyl carbamates (subject to hydrolysis) is 1. The summed E-state index contributed by atoms with van der Waals surface area (Å²) in [5.74, 6) is -0.234. The Hall–Kier alpha value is -1.46. The van der Waals surface area contributed by atoms with Crippen LogP contribution in [0.1, 0.15) is 27.2 Å². The monoisotopic (exact) mass is 437 g/mol. The first-order chi connectivity index (χ1) is 14.5. The van der Waals surface area contributed by atoms with Gasteiger partial charge in [-0.2, -0.15) is 0 Å². The zero-order chi connectivity index (χ0) is 22.5. The van der Waals surface area contributed by atoms with Gasteiger partial charge < -0.3 is 38.5 Å². The van der Waals surface area contributed by atoms with Crippen molar-refractivity contribution >= 4 is 12.1 Å². The number of esters is 1. The molecule has 10 nitrogen and oxygen atoms in total. The minimum Gasteiger partial charge on any atom is -0.464 e. The highest BCUT2D eigenvalue weighted by molar-refractivity contribution is 5.81. The van der Waals surface area contributed by atoms with Gasteiger partial charge >= 0.3 is 12.1 Å². The zero-order valence-corrected chi connectivity index (χ0v) is 18.8. The first-order valence-corrected chi connectivity index (χ1v) is 10.4. The summed E-state index contributed by atoms with van der Waals surface area (Å²) >= 11 is 0. The molecule has 0 aliphatic rings. The van der Waals surface area contributed by atoms with Gasteiger partial charge in [0.1, 0.15) is 12.6 Å². The summed E-state index contributed by atoms with van der Waals surface area (Å²) in [5, 5.41) is 2.54. The number of carbonyl (C=O) groups excluding carboxylic acids is 2. The second kappa shape index (κ2) is 20.8. The van der Waals surface area contributed by atoms with Crippen molar-refractivity contribution in [3.05, 3.63) is 0 Å². The van der Waals surface area contributed by atoms with Crippen molar-refractivity contribution in [2.24, 2.45) is 5.92 Å². The van der Waals surface area contributed by atoms with Crippen LogP contribution in [0.2, 0.25) is 0 Å². The summed E-state index contributed by atoms with van der Waals surface area (Å²) < 4.78 is 36.2. The number of methoxy groups -OCH3 is 1. The molecule has 1 atom stereocenters. The lowest BCUT2D eigenvalue weighted by Gasteiger charge is -2.18. The third-order valence-corrected chi connectivity index (χ3v) is 3.58. The maximum absolute atomic E-state index is 11.9. The van der Waals surface area contributed by atoms with Crippen LogP contribution >= 0.6 is 0 Å². The molecular formula is C20H39NO9. The molecular weight excluding hydrogens is 398 g/mol. The predicted molar refractivity (Wildman–Crippen MR) is 110 cm³/mol. The fourth-order valence-electron chi connectivity index (χ4n) is 2.21. The van der Waals surface area contributed by atoms with Crippen LogP contribution in [0.3, 0.4) is 0 Å². The Labute approximate surface area is 179 Å². The number of ether oxygens (including phenoxy) is 7. The molecule has 0 aliphatic carbocycles. The van der Waals surface area contributed by atoms with Gasteiger partial charge in [0.05, 0.1) is 66.1 Å². The highest BCUT2D eigenvalue weighted by Gasteiger charge is 2.23. The second-order valence-corrected chi connectivity index (χ2v) is 6.66. The molecule has 1 N–H and O–H groups in total. The first-order valence-electron chi connectivity index (χ1n) is 10.4. The van der Waals surface area contributed by atoms with Crippen LogP contribution in [0.25, 0.3) is 0 Å². The smallest absolute Gasteiger partial charge is 0.407 e. The number of hydrogen-bond acceptors (Lipinski definition) is 9. The largest absolute Gasteiger partial charge is 0.464 e. The molecule has 1 amide bonds. The standard InChI is InChI=1S/C20H39NO9/c1-5-29-19(22)18(16-17(2)3)21-20(23)30-15-14-28-13-12-27-11-10-26-9-8-25-7-6-24-4/h17-18H,5-16H2,1-4H3,(H,21,23)/t18-/m0/s1. The highest BCUT2D eigenvalue weighted by atomic mass is 16.6. The van der Waals surface area contributed by atoms with Crippen molar-refractivity contribution in [3.63, 3.8) is 0 Å². The molecule has 0 aliphatic heterocycles. The van der Waals surface area contributed by atoms with Gasteiger partial charge in [-0.05, 0) is 19.3 Å². The van der Waals surface area contributed by atoms with Crippen LogP contribution in [0.4, 0.5) is 4.79 Å². The van der Waals surface area contributed by atoms with Crippen LogP contribution in [0, 0.1) is 5.92 Å². The predicted octanol–water partition coefficient (Wildman–Crippen LogP) is 1.40. The van der Waals surface area contributed by atoms with Crippen LogP contribution in [0.5, 0.6) is 0 Å². The summed E-state index contributed by atoms with van der Waals surface area (Å²) in [5.41, 5.74) is 0. The van der Waals surface area contributed by atoms with Crippen molar-refractivity contribution in [3.8, 4) is 0 Å². The minimum atomic E-state index is -0.717. The fourth-order valence-corrected chi connectivity index (χ4v) is 2.21. The molecule has 0 aromatic carbocycles. The number of carbonyl (C=O) groups is 2. The van der Waals surface area contributed by atoms with Crippen LogP contribution < -0.4 is 5.32 Å². The molecule has 178 valence electrons. The summed E-state index contributed by atoms with van der Waals surface area (Å²) in [4.78, 5) is 23.7. The molecule has 0 fully saturated rings. The lowest BCUT2D eigenvalue weighted by Crippen LogP contribution is -2.43.